The highest BCUT2D eigenvalue weighted by Crippen LogP contribution is 2.44. The Morgan fingerprint density at radius 1 is 1.00 bits per heavy atom. The van der Waals surface area contributed by atoms with E-state index in [-0.39, 0.29) is 6.10 Å². The van der Waals surface area contributed by atoms with Gasteiger partial charge in [0.25, 0.3) is 0 Å². The van der Waals surface area contributed by atoms with Gasteiger partial charge in [-0.15, -0.1) is 0 Å². The van der Waals surface area contributed by atoms with Gasteiger partial charge in [0.05, 0.1) is 0 Å². The van der Waals surface area contributed by atoms with E-state index in [0.29, 0.717) is 12.8 Å². The third-order valence-corrected chi connectivity index (χ3v) is 4.73. The molecule has 0 aromatic heterocycles. The number of carbonyl (C=O) groups excluding carboxylic acids is 1. The molecule has 0 heterocycles. The maximum Gasteiger partial charge on any atom is 0.324 e. The van der Waals surface area contributed by atoms with Crippen LogP contribution in [0.5, 0.6) is 0 Å². The van der Waals surface area contributed by atoms with Crippen molar-refractivity contribution in [1.29, 1.82) is 0 Å². The van der Waals surface area contributed by atoms with E-state index < -0.39 is 22.8 Å². The second-order valence-corrected chi connectivity index (χ2v) is 7.50. The average Bonchev–Trinajstić information content (AvgIpc) is 2.45. The summed E-state index contributed by atoms with van der Waals surface area (Å²) in [5, 5.41) is 9.79. The van der Waals surface area contributed by atoms with E-state index in [9.17, 15) is 14.7 Å². The zero-order chi connectivity index (χ0) is 18.1. The van der Waals surface area contributed by atoms with Crippen molar-refractivity contribution in [2.45, 2.75) is 99.0 Å². The monoisotopic (exact) mass is 328 g/mol. The predicted molar refractivity (Wildman–Crippen MR) is 93.4 cm³/mol. The number of carboxylic acid groups (broad SMARTS) is 1. The third kappa shape index (κ3) is 5.82. The maximum absolute atomic E-state index is 12.8. The summed E-state index contributed by atoms with van der Waals surface area (Å²) in [5.74, 6) is -1.64. The molecular weight excluding hydrogens is 292 g/mol. The molecule has 136 valence electrons. The van der Waals surface area contributed by atoms with Crippen LogP contribution in [0.3, 0.4) is 0 Å². The van der Waals surface area contributed by atoms with Gasteiger partial charge in [-0.05, 0) is 31.1 Å². The van der Waals surface area contributed by atoms with Crippen LogP contribution in [0, 0.1) is 10.8 Å². The molecule has 0 spiro atoms. The Morgan fingerprint density at radius 3 is 2.00 bits per heavy atom. The first-order chi connectivity index (χ1) is 10.7. The van der Waals surface area contributed by atoms with Gasteiger partial charge < -0.3 is 9.84 Å². The normalized spacial score (nSPS) is 15.7. The minimum absolute atomic E-state index is 0.183. The maximum atomic E-state index is 12.8. The summed E-state index contributed by atoms with van der Waals surface area (Å²) in [5.41, 5.74) is -2.16. The van der Waals surface area contributed by atoms with Gasteiger partial charge >= 0.3 is 11.9 Å². The second kappa shape index (κ2) is 9.94. The van der Waals surface area contributed by atoms with Crippen molar-refractivity contribution < 1.29 is 19.4 Å². The van der Waals surface area contributed by atoms with Gasteiger partial charge in [0, 0.05) is 0 Å². The fourth-order valence-electron chi connectivity index (χ4n) is 3.07. The van der Waals surface area contributed by atoms with Crippen molar-refractivity contribution in [2.24, 2.45) is 10.8 Å². The molecule has 4 nitrogen and oxygen atoms in total. The Hall–Kier alpha value is -1.06. The number of carbonyl (C=O) groups is 2. The van der Waals surface area contributed by atoms with E-state index >= 15 is 0 Å². The molecule has 0 saturated heterocycles. The molecule has 0 radical (unpaired) electrons. The highest BCUT2D eigenvalue weighted by molar-refractivity contribution is 6.00. The molecule has 0 aromatic rings. The number of unbranched alkanes of at least 4 members (excludes halogenated alkanes) is 3. The molecule has 0 aliphatic heterocycles. The van der Waals surface area contributed by atoms with Crippen LogP contribution >= 0.6 is 0 Å². The lowest BCUT2D eigenvalue weighted by molar-refractivity contribution is -0.183. The lowest BCUT2D eigenvalue weighted by atomic mass is 9.64. The summed E-state index contributed by atoms with van der Waals surface area (Å²) in [4.78, 5) is 24.8. The largest absolute Gasteiger partial charge is 0.480 e. The van der Waals surface area contributed by atoms with Crippen LogP contribution in [0.25, 0.3) is 0 Å². The molecule has 0 rings (SSSR count). The Balaban J connectivity index is 5.11. The Labute approximate surface area is 142 Å². The second-order valence-electron chi connectivity index (χ2n) is 7.50. The number of rotatable bonds is 11. The van der Waals surface area contributed by atoms with E-state index in [1.54, 1.807) is 20.8 Å². The van der Waals surface area contributed by atoms with Gasteiger partial charge in [-0.3, -0.25) is 9.59 Å². The minimum atomic E-state index is -1.47. The van der Waals surface area contributed by atoms with E-state index in [0.717, 1.165) is 25.7 Å². The van der Waals surface area contributed by atoms with Crippen molar-refractivity contribution in [1.82, 2.24) is 0 Å². The first kappa shape index (κ1) is 21.9. The van der Waals surface area contributed by atoms with Gasteiger partial charge in [-0.2, -0.15) is 0 Å². The van der Waals surface area contributed by atoms with Gasteiger partial charge in [0.1, 0.15) is 6.10 Å². The molecule has 0 aliphatic carbocycles. The summed E-state index contributed by atoms with van der Waals surface area (Å²) in [6.45, 7) is 11.5. The highest BCUT2D eigenvalue weighted by atomic mass is 16.5. The number of carboxylic acids is 1. The third-order valence-electron chi connectivity index (χ3n) is 4.73. The minimum Gasteiger partial charge on any atom is -0.480 e. The topological polar surface area (TPSA) is 63.6 Å². The number of hydrogen-bond acceptors (Lipinski definition) is 3. The van der Waals surface area contributed by atoms with Crippen molar-refractivity contribution >= 4 is 11.9 Å². The Morgan fingerprint density at radius 2 is 1.61 bits per heavy atom. The zero-order valence-electron chi connectivity index (χ0n) is 15.9. The molecule has 0 aromatic carbocycles. The molecule has 0 fully saturated rings. The van der Waals surface area contributed by atoms with E-state index in [1.165, 1.54) is 12.8 Å². The molecule has 0 bridgehead atoms. The molecule has 0 saturated carbocycles. The summed E-state index contributed by atoms with van der Waals surface area (Å²) < 4.78 is 5.67. The van der Waals surface area contributed by atoms with Crippen LogP contribution in [0.4, 0.5) is 0 Å². The van der Waals surface area contributed by atoms with Crippen molar-refractivity contribution in [3.05, 3.63) is 0 Å². The molecule has 2 atom stereocenters. The van der Waals surface area contributed by atoms with Crippen LogP contribution < -0.4 is 0 Å². The van der Waals surface area contributed by atoms with E-state index in [2.05, 4.69) is 6.92 Å². The molecule has 2 unspecified atom stereocenters. The molecule has 23 heavy (non-hydrogen) atoms. The van der Waals surface area contributed by atoms with Crippen LogP contribution in [-0.2, 0) is 14.3 Å². The SMILES string of the molecule is CCCCCCC(CC)OC(=O)C(CCC)(C(=O)O)C(C)(C)C. The Bertz CT molecular complexity index is 370. The average molecular weight is 328 g/mol. The summed E-state index contributed by atoms with van der Waals surface area (Å²) in [7, 11) is 0. The quantitative estimate of drug-likeness (QED) is 0.322. The van der Waals surface area contributed by atoms with Crippen molar-refractivity contribution in [3.63, 3.8) is 0 Å². The van der Waals surface area contributed by atoms with Crippen LogP contribution in [0.1, 0.15) is 92.9 Å². The van der Waals surface area contributed by atoms with E-state index in [1.807, 2.05) is 13.8 Å². The predicted octanol–water partition coefficient (Wildman–Crippen LogP) is 5.20. The molecule has 0 aliphatic rings. The van der Waals surface area contributed by atoms with Crippen LogP contribution in [0.15, 0.2) is 0 Å². The first-order valence-electron chi connectivity index (χ1n) is 9.11. The standard InChI is InChI=1S/C19H36O4/c1-7-10-11-12-13-15(9-3)23-17(22)19(14-8-2,16(20)21)18(4,5)6/h15H,7-14H2,1-6H3,(H,20,21). The summed E-state index contributed by atoms with van der Waals surface area (Å²) in [6, 6.07) is 0. The fourth-order valence-corrected chi connectivity index (χ4v) is 3.07. The van der Waals surface area contributed by atoms with Gasteiger partial charge in [-0.1, -0.05) is 67.2 Å². The lowest BCUT2D eigenvalue weighted by Crippen LogP contribution is -2.51. The number of esters is 1. The highest BCUT2D eigenvalue weighted by Gasteiger charge is 2.56. The summed E-state index contributed by atoms with van der Waals surface area (Å²) >= 11 is 0. The lowest BCUT2D eigenvalue weighted by Gasteiger charge is -2.39. The Kier molecular flexibility index (Phi) is 9.48. The van der Waals surface area contributed by atoms with Gasteiger partial charge in [0.15, 0.2) is 5.41 Å². The van der Waals surface area contributed by atoms with Gasteiger partial charge in [-0.25, -0.2) is 0 Å². The smallest absolute Gasteiger partial charge is 0.324 e. The zero-order valence-corrected chi connectivity index (χ0v) is 15.9. The summed E-state index contributed by atoms with van der Waals surface area (Å²) in [6.07, 6.45) is 6.78. The van der Waals surface area contributed by atoms with Crippen LogP contribution in [0.2, 0.25) is 0 Å². The molecule has 0 amide bonds. The van der Waals surface area contributed by atoms with Crippen LogP contribution in [-0.4, -0.2) is 23.1 Å². The fraction of sp³-hybridized carbons (Fsp3) is 0.895. The van der Waals surface area contributed by atoms with Gasteiger partial charge in [0.2, 0.25) is 0 Å². The molecule has 1 N–H and O–H groups in total. The van der Waals surface area contributed by atoms with Crippen molar-refractivity contribution in [2.75, 3.05) is 0 Å². The molecular formula is C19H36O4. The molecule has 4 heteroatoms. The number of ether oxygens (including phenoxy) is 1. The van der Waals surface area contributed by atoms with E-state index in [4.69, 9.17) is 4.74 Å². The number of aliphatic carboxylic acids is 1. The van der Waals surface area contributed by atoms with Crippen molar-refractivity contribution in [3.8, 4) is 0 Å². The number of hydrogen-bond donors (Lipinski definition) is 1. The first-order valence-corrected chi connectivity index (χ1v) is 9.11.